The fraction of sp³-hybridized carbons (Fsp3) is 0.417. The minimum absolute atomic E-state index is 0.0486. The van der Waals surface area contributed by atoms with E-state index in [1.165, 1.54) is 24.3 Å². The van der Waals surface area contributed by atoms with Crippen molar-refractivity contribution in [2.45, 2.75) is 18.9 Å². The first kappa shape index (κ1) is 11.3. The second-order valence-electron chi connectivity index (χ2n) is 3.93. The summed E-state index contributed by atoms with van der Waals surface area (Å²) in [6.07, 6.45) is 2.24. The number of rotatable bonds is 2. The maximum absolute atomic E-state index is 11.8. The van der Waals surface area contributed by atoms with E-state index in [2.05, 4.69) is 5.32 Å². The van der Waals surface area contributed by atoms with Gasteiger partial charge in [0.25, 0.3) is 5.91 Å². The Bertz CT molecular complexity index is 358. The van der Waals surface area contributed by atoms with Crippen LogP contribution in [-0.2, 0) is 0 Å². The van der Waals surface area contributed by atoms with Crippen molar-refractivity contribution in [3.8, 4) is 5.75 Å². The Morgan fingerprint density at radius 2 is 2.12 bits per heavy atom. The Morgan fingerprint density at radius 3 is 2.75 bits per heavy atom. The summed E-state index contributed by atoms with van der Waals surface area (Å²) in [7, 11) is 0. The SMILES string of the molecule is O=C(NC1CCCSC1)c1ccc(O)cc1. The standard InChI is InChI=1S/C12H15NO2S/c14-11-5-3-9(4-6-11)12(15)13-10-2-1-7-16-8-10/h3-6,10,14H,1-2,7-8H2,(H,13,15). The molecule has 1 saturated heterocycles. The van der Waals surface area contributed by atoms with E-state index in [1.54, 1.807) is 12.1 Å². The Morgan fingerprint density at radius 1 is 1.38 bits per heavy atom. The summed E-state index contributed by atoms with van der Waals surface area (Å²) in [6, 6.07) is 6.64. The van der Waals surface area contributed by atoms with Crippen molar-refractivity contribution in [1.29, 1.82) is 0 Å². The predicted octanol–water partition coefficient (Wildman–Crippen LogP) is 2.02. The van der Waals surface area contributed by atoms with E-state index in [0.717, 1.165) is 12.2 Å². The summed E-state index contributed by atoms with van der Waals surface area (Å²) in [5, 5.41) is 12.1. The van der Waals surface area contributed by atoms with Crippen LogP contribution in [0.5, 0.6) is 5.75 Å². The van der Waals surface area contributed by atoms with Gasteiger partial charge in [-0.1, -0.05) is 0 Å². The molecule has 1 amide bonds. The van der Waals surface area contributed by atoms with Gasteiger partial charge in [0.2, 0.25) is 0 Å². The maximum atomic E-state index is 11.8. The van der Waals surface area contributed by atoms with E-state index < -0.39 is 0 Å². The van der Waals surface area contributed by atoms with Crippen molar-refractivity contribution in [3.05, 3.63) is 29.8 Å². The molecule has 2 rings (SSSR count). The highest BCUT2D eigenvalue weighted by Crippen LogP contribution is 2.17. The third-order valence-electron chi connectivity index (χ3n) is 2.63. The minimum Gasteiger partial charge on any atom is -0.508 e. The van der Waals surface area contributed by atoms with Gasteiger partial charge in [0.15, 0.2) is 0 Å². The number of phenols is 1. The summed E-state index contributed by atoms with van der Waals surface area (Å²) in [4.78, 5) is 11.8. The first-order chi connectivity index (χ1) is 7.75. The van der Waals surface area contributed by atoms with Gasteiger partial charge < -0.3 is 10.4 Å². The van der Waals surface area contributed by atoms with Gasteiger partial charge in [0.1, 0.15) is 5.75 Å². The van der Waals surface area contributed by atoms with Crippen LogP contribution in [0.25, 0.3) is 0 Å². The molecular formula is C12H15NO2S. The van der Waals surface area contributed by atoms with E-state index in [-0.39, 0.29) is 11.7 Å². The van der Waals surface area contributed by atoms with Crippen molar-refractivity contribution >= 4 is 17.7 Å². The lowest BCUT2D eigenvalue weighted by Crippen LogP contribution is -2.38. The van der Waals surface area contributed by atoms with E-state index in [0.29, 0.717) is 11.6 Å². The van der Waals surface area contributed by atoms with Gasteiger partial charge in [-0.2, -0.15) is 11.8 Å². The highest BCUT2D eigenvalue weighted by atomic mass is 32.2. The van der Waals surface area contributed by atoms with Gasteiger partial charge in [-0.05, 0) is 42.9 Å². The first-order valence-electron chi connectivity index (χ1n) is 5.43. The summed E-state index contributed by atoms with van der Waals surface area (Å²) in [6.45, 7) is 0. The summed E-state index contributed by atoms with van der Waals surface area (Å²) < 4.78 is 0. The third-order valence-corrected chi connectivity index (χ3v) is 3.84. The van der Waals surface area contributed by atoms with Crippen molar-refractivity contribution in [2.24, 2.45) is 0 Å². The van der Waals surface area contributed by atoms with Crippen molar-refractivity contribution in [2.75, 3.05) is 11.5 Å². The molecule has 0 spiro atoms. The molecule has 3 nitrogen and oxygen atoms in total. The Kier molecular flexibility index (Phi) is 3.72. The van der Waals surface area contributed by atoms with Crippen molar-refractivity contribution in [3.63, 3.8) is 0 Å². The normalized spacial score (nSPS) is 20.4. The molecule has 1 aromatic carbocycles. The number of carbonyl (C=O) groups excluding carboxylic acids is 1. The fourth-order valence-electron chi connectivity index (χ4n) is 1.74. The lowest BCUT2D eigenvalue weighted by Gasteiger charge is -2.22. The smallest absolute Gasteiger partial charge is 0.251 e. The molecule has 0 aromatic heterocycles. The van der Waals surface area contributed by atoms with Gasteiger partial charge in [0.05, 0.1) is 0 Å². The molecule has 16 heavy (non-hydrogen) atoms. The molecule has 4 heteroatoms. The maximum Gasteiger partial charge on any atom is 0.251 e. The molecule has 1 aliphatic heterocycles. The number of hydrogen-bond acceptors (Lipinski definition) is 3. The quantitative estimate of drug-likeness (QED) is 0.827. The van der Waals surface area contributed by atoms with Crippen LogP contribution in [0, 0.1) is 0 Å². The number of amides is 1. The second kappa shape index (κ2) is 5.25. The zero-order valence-corrected chi connectivity index (χ0v) is 9.80. The fourth-order valence-corrected chi connectivity index (χ4v) is 2.81. The molecular weight excluding hydrogens is 222 g/mol. The average molecular weight is 237 g/mol. The molecule has 1 aromatic rings. The van der Waals surface area contributed by atoms with Crippen LogP contribution >= 0.6 is 11.8 Å². The molecule has 0 bridgehead atoms. The molecule has 0 aliphatic carbocycles. The van der Waals surface area contributed by atoms with Gasteiger partial charge in [-0.15, -0.1) is 0 Å². The molecule has 86 valence electrons. The molecule has 0 radical (unpaired) electrons. The highest BCUT2D eigenvalue weighted by Gasteiger charge is 2.16. The lowest BCUT2D eigenvalue weighted by atomic mass is 10.1. The van der Waals surface area contributed by atoms with Gasteiger partial charge >= 0.3 is 0 Å². The Labute approximate surface area is 99.2 Å². The largest absolute Gasteiger partial charge is 0.508 e. The van der Waals surface area contributed by atoms with Gasteiger partial charge in [0, 0.05) is 17.4 Å². The summed E-state index contributed by atoms with van der Waals surface area (Å²) >= 11 is 1.89. The number of carbonyl (C=O) groups is 1. The van der Waals surface area contributed by atoms with Crippen molar-refractivity contribution < 1.29 is 9.90 Å². The lowest BCUT2D eigenvalue weighted by molar-refractivity contribution is 0.0938. The predicted molar refractivity (Wildman–Crippen MR) is 65.9 cm³/mol. The summed E-state index contributed by atoms with van der Waals surface area (Å²) in [5.74, 6) is 2.34. The van der Waals surface area contributed by atoms with Crippen LogP contribution in [0.4, 0.5) is 0 Å². The molecule has 0 saturated carbocycles. The van der Waals surface area contributed by atoms with E-state index in [9.17, 15) is 4.79 Å². The molecule has 1 heterocycles. The Hall–Kier alpha value is -1.16. The number of hydrogen-bond donors (Lipinski definition) is 2. The van der Waals surface area contributed by atoms with Gasteiger partial charge in [-0.3, -0.25) is 4.79 Å². The number of nitrogens with one attached hydrogen (secondary N) is 1. The first-order valence-corrected chi connectivity index (χ1v) is 6.59. The van der Waals surface area contributed by atoms with E-state index >= 15 is 0 Å². The average Bonchev–Trinajstić information content (AvgIpc) is 2.31. The van der Waals surface area contributed by atoms with Crippen LogP contribution in [0.2, 0.25) is 0 Å². The zero-order chi connectivity index (χ0) is 11.4. The third kappa shape index (κ3) is 2.92. The summed E-state index contributed by atoms with van der Waals surface area (Å²) in [5.41, 5.74) is 0.605. The van der Waals surface area contributed by atoms with Crippen LogP contribution < -0.4 is 5.32 Å². The second-order valence-corrected chi connectivity index (χ2v) is 5.08. The monoisotopic (exact) mass is 237 g/mol. The Balaban J connectivity index is 1.94. The van der Waals surface area contributed by atoms with E-state index in [4.69, 9.17) is 5.11 Å². The van der Waals surface area contributed by atoms with Crippen LogP contribution in [-0.4, -0.2) is 28.6 Å². The molecule has 2 N–H and O–H groups in total. The van der Waals surface area contributed by atoms with E-state index in [1.807, 2.05) is 11.8 Å². The van der Waals surface area contributed by atoms with Crippen LogP contribution in [0.15, 0.2) is 24.3 Å². The number of aromatic hydroxyl groups is 1. The van der Waals surface area contributed by atoms with Crippen LogP contribution in [0.3, 0.4) is 0 Å². The molecule has 1 unspecified atom stereocenters. The number of phenolic OH excluding ortho intramolecular Hbond substituents is 1. The molecule has 1 atom stereocenters. The van der Waals surface area contributed by atoms with Gasteiger partial charge in [-0.25, -0.2) is 0 Å². The zero-order valence-electron chi connectivity index (χ0n) is 8.98. The topological polar surface area (TPSA) is 49.3 Å². The van der Waals surface area contributed by atoms with Crippen molar-refractivity contribution in [1.82, 2.24) is 5.32 Å². The minimum atomic E-state index is -0.0486. The molecule has 1 aliphatic rings. The number of benzene rings is 1. The number of thioether (sulfide) groups is 1. The van der Waals surface area contributed by atoms with Crippen LogP contribution in [0.1, 0.15) is 23.2 Å². The highest BCUT2D eigenvalue weighted by molar-refractivity contribution is 7.99. The molecule has 1 fully saturated rings.